The van der Waals surface area contributed by atoms with Crippen LogP contribution in [-0.2, 0) is 0 Å². The van der Waals surface area contributed by atoms with Crippen molar-refractivity contribution in [3.05, 3.63) is 6.57 Å². The van der Waals surface area contributed by atoms with Crippen molar-refractivity contribution in [2.75, 3.05) is 13.1 Å². The molecular formula is C18H36N2. The van der Waals surface area contributed by atoms with Gasteiger partial charge in [-0.2, -0.15) is 0 Å². The summed E-state index contributed by atoms with van der Waals surface area (Å²) in [5.41, 5.74) is 0. The Morgan fingerprint density at radius 2 is 1.55 bits per heavy atom. The van der Waals surface area contributed by atoms with Crippen LogP contribution in [0.3, 0.4) is 0 Å². The van der Waals surface area contributed by atoms with Crippen LogP contribution < -0.4 is 4.90 Å². The molecule has 0 radical (unpaired) electrons. The fraction of sp³-hybridized carbons (Fsp3) is 0.944. The van der Waals surface area contributed by atoms with Crippen molar-refractivity contribution in [1.82, 2.24) is 0 Å². The van der Waals surface area contributed by atoms with Gasteiger partial charge in [-0.3, -0.25) is 0 Å². The number of hydrogen-bond donors (Lipinski definition) is 1. The fourth-order valence-electron chi connectivity index (χ4n) is 3.49. The number of nitrogens with one attached hydrogen (secondary N) is 1. The first-order valence-electron chi connectivity index (χ1n) is 8.95. The topological polar surface area (TPSA) is 28.2 Å². The van der Waals surface area contributed by atoms with Crippen molar-refractivity contribution in [2.24, 2.45) is 0 Å². The minimum absolute atomic E-state index is 1.00. The molecule has 0 amide bonds. The van der Waals surface area contributed by atoms with Crippen molar-refractivity contribution in [3.8, 4) is 0 Å². The summed E-state index contributed by atoms with van der Waals surface area (Å²) < 4.78 is 0. The van der Waals surface area contributed by atoms with Gasteiger partial charge in [-0.25, -0.2) is 0 Å². The van der Waals surface area contributed by atoms with Crippen LogP contribution in [0.2, 0.25) is 0 Å². The SMILES string of the molecule is CCCCCCCCC[NH+]1CCCCC1CCC.[C-]#N. The minimum Gasteiger partial charge on any atom is -0.512 e. The normalized spacial score (nSPS) is 22.0. The second-order valence-electron chi connectivity index (χ2n) is 6.26. The van der Waals surface area contributed by atoms with E-state index in [1.807, 2.05) is 4.90 Å². The predicted molar refractivity (Wildman–Crippen MR) is 86.2 cm³/mol. The molecule has 20 heavy (non-hydrogen) atoms. The van der Waals surface area contributed by atoms with Gasteiger partial charge in [0, 0.05) is 0 Å². The van der Waals surface area contributed by atoms with Gasteiger partial charge in [-0.05, 0) is 38.5 Å². The molecule has 1 aliphatic rings. The Labute approximate surface area is 127 Å². The van der Waals surface area contributed by atoms with E-state index >= 15 is 0 Å². The molecule has 1 saturated heterocycles. The summed E-state index contributed by atoms with van der Waals surface area (Å²) in [7, 11) is 0. The lowest BCUT2D eigenvalue weighted by atomic mass is 9.97. The molecule has 0 spiro atoms. The third-order valence-corrected chi connectivity index (χ3v) is 4.62. The lowest BCUT2D eigenvalue weighted by molar-refractivity contribution is -0.931. The molecule has 0 bridgehead atoms. The molecule has 1 N–H and O–H groups in total. The fourth-order valence-corrected chi connectivity index (χ4v) is 3.49. The molecule has 1 heterocycles. The first-order valence-corrected chi connectivity index (χ1v) is 8.95. The summed E-state index contributed by atoms with van der Waals surface area (Å²) in [6, 6.07) is 1.00. The van der Waals surface area contributed by atoms with Crippen LogP contribution in [0.15, 0.2) is 0 Å². The zero-order chi connectivity index (χ0) is 15.1. The van der Waals surface area contributed by atoms with Crippen LogP contribution in [0.4, 0.5) is 0 Å². The van der Waals surface area contributed by atoms with E-state index in [4.69, 9.17) is 11.8 Å². The van der Waals surface area contributed by atoms with Crippen LogP contribution in [0.25, 0.3) is 0 Å². The van der Waals surface area contributed by atoms with Crippen LogP contribution in [-0.4, -0.2) is 19.1 Å². The molecule has 1 aliphatic heterocycles. The molecule has 0 aromatic rings. The standard InChI is InChI=1S/C17H35N.CN/c1-3-5-6-7-8-9-11-15-18-16-12-10-14-17(18)13-4-2;1-2/h17H,3-16H2,1-2H3;/q;-1/p+1. The molecule has 1 fully saturated rings. The van der Waals surface area contributed by atoms with Gasteiger partial charge in [0.1, 0.15) is 0 Å². The Kier molecular flexibility index (Phi) is 14.4. The van der Waals surface area contributed by atoms with Gasteiger partial charge in [-0.15, -0.1) is 0 Å². The van der Waals surface area contributed by atoms with Crippen LogP contribution in [0, 0.1) is 11.8 Å². The Morgan fingerprint density at radius 1 is 0.900 bits per heavy atom. The van der Waals surface area contributed by atoms with Crippen molar-refractivity contribution in [2.45, 2.75) is 96.9 Å². The molecular weight excluding hydrogens is 244 g/mol. The molecule has 0 saturated carbocycles. The third kappa shape index (κ3) is 9.37. The molecule has 0 aromatic carbocycles. The zero-order valence-electron chi connectivity index (χ0n) is 13.9. The van der Waals surface area contributed by atoms with Crippen molar-refractivity contribution in [3.63, 3.8) is 0 Å². The number of hydrogen-bond acceptors (Lipinski definition) is 1. The van der Waals surface area contributed by atoms with E-state index in [0.717, 1.165) is 6.04 Å². The van der Waals surface area contributed by atoms with Gasteiger partial charge in [0.25, 0.3) is 0 Å². The number of quaternary nitrogens is 1. The number of rotatable bonds is 10. The van der Waals surface area contributed by atoms with Crippen molar-refractivity contribution in [1.29, 1.82) is 5.26 Å². The molecule has 118 valence electrons. The highest BCUT2D eigenvalue weighted by atomic mass is 15.2. The molecule has 2 unspecified atom stereocenters. The van der Waals surface area contributed by atoms with E-state index in [2.05, 4.69) is 13.8 Å². The van der Waals surface area contributed by atoms with Gasteiger partial charge >= 0.3 is 0 Å². The molecule has 1 rings (SSSR count). The quantitative estimate of drug-likeness (QED) is 0.474. The number of likely N-dealkylation sites (tertiary alicyclic amines) is 1. The van der Waals surface area contributed by atoms with Gasteiger partial charge in [0.2, 0.25) is 0 Å². The number of piperidine rings is 1. The maximum atomic E-state index is 6.25. The minimum atomic E-state index is 1.00. The largest absolute Gasteiger partial charge is 0.512 e. The van der Waals surface area contributed by atoms with E-state index < -0.39 is 0 Å². The summed E-state index contributed by atoms with van der Waals surface area (Å²) in [6.45, 7) is 12.3. The third-order valence-electron chi connectivity index (χ3n) is 4.62. The number of nitrogens with zero attached hydrogens (tertiary/aromatic N) is 1. The molecule has 2 heteroatoms. The van der Waals surface area contributed by atoms with Gasteiger partial charge in [0.05, 0.1) is 19.1 Å². The van der Waals surface area contributed by atoms with Crippen molar-refractivity contribution >= 4 is 0 Å². The molecule has 2 nitrogen and oxygen atoms in total. The average molecular weight is 280 g/mol. The van der Waals surface area contributed by atoms with E-state index in [1.54, 1.807) is 0 Å². The predicted octanol–water partition coefficient (Wildman–Crippen LogP) is 4.07. The highest BCUT2D eigenvalue weighted by Gasteiger charge is 2.24. The Balaban J connectivity index is 0.00000172. The molecule has 0 aliphatic carbocycles. The maximum absolute atomic E-state index is 6.25. The molecule has 0 aromatic heterocycles. The van der Waals surface area contributed by atoms with Gasteiger partial charge in [0.15, 0.2) is 0 Å². The second-order valence-corrected chi connectivity index (χ2v) is 6.26. The average Bonchev–Trinajstić information content (AvgIpc) is 2.50. The van der Waals surface area contributed by atoms with E-state index in [-0.39, 0.29) is 0 Å². The van der Waals surface area contributed by atoms with Crippen LogP contribution >= 0.6 is 0 Å². The smallest absolute Gasteiger partial charge is 0.0874 e. The van der Waals surface area contributed by atoms with Crippen molar-refractivity contribution < 1.29 is 4.90 Å². The summed E-state index contributed by atoms with van der Waals surface area (Å²) in [4.78, 5) is 1.94. The highest BCUT2D eigenvalue weighted by Crippen LogP contribution is 2.09. The Morgan fingerprint density at radius 3 is 2.20 bits per heavy atom. The first-order chi connectivity index (χ1) is 9.88. The maximum Gasteiger partial charge on any atom is 0.0874 e. The van der Waals surface area contributed by atoms with Gasteiger partial charge in [-0.1, -0.05) is 52.4 Å². The Hall–Kier alpha value is -0.550. The molecule has 2 atom stereocenters. The van der Waals surface area contributed by atoms with Gasteiger partial charge < -0.3 is 16.7 Å². The lowest BCUT2D eigenvalue weighted by Gasteiger charge is -2.32. The summed E-state index contributed by atoms with van der Waals surface area (Å²) in [5.74, 6) is 0. The number of unbranched alkanes of at least 4 members (excludes halogenated alkanes) is 6. The summed E-state index contributed by atoms with van der Waals surface area (Å²) in [5, 5.41) is 6.25. The Bertz CT molecular complexity index is 211. The highest BCUT2D eigenvalue weighted by molar-refractivity contribution is 4.61. The summed E-state index contributed by atoms with van der Waals surface area (Å²) in [6.07, 6.45) is 17.5. The zero-order valence-corrected chi connectivity index (χ0v) is 13.9. The van der Waals surface area contributed by atoms with Crippen LogP contribution in [0.5, 0.6) is 0 Å². The van der Waals surface area contributed by atoms with E-state index in [9.17, 15) is 0 Å². The monoisotopic (exact) mass is 280 g/mol. The first kappa shape index (κ1) is 19.4. The summed E-state index contributed by atoms with van der Waals surface area (Å²) >= 11 is 0. The van der Waals surface area contributed by atoms with Crippen LogP contribution in [0.1, 0.15) is 90.9 Å². The van der Waals surface area contributed by atoms with E-state index in [1.165, 1.54) is 90.1 Å². The second kappa shape index (κ2) is 14.9. The lowest BCUT2D eigenvalue weighted by Crippen LogP contribution is -3.16. The van der Waals surface area contributed by atoms with E-state index in [0.29, 0.717) is 0 Å².